The number of carbonyl (C=O) groups excluding carboxylic acids is 2. The number of rotatable bonds is 13. The fourth-order valence-corrected chi connectivity index (χ4v) is 3.18. The minimum atomic E-state index is -0.898. The van der Waals surface area contributed by atoms with E-state index in [2.05, 4.69) is 36.7 Å². The van der Waals surface area contributed by atoms with E-state index in [9.17, 15) is 14.7 Å². The number of unbranched alkanes of at least 4 members (excludes halogenated alkanes) is 1. The van der Waals surface area contributed by atoms with E-state index in [0.29, 0.717) is 25.3 Å². The van der Waals surface area contributed by atoms with Crippen LogP contribution >= 0.6 is 0 Å². The molecule has 0 fully saturated rings. The van der Waals surface area contributed by atoms with Crippen molar-refractivity contribution in [2.45, 2.75) is 91.0 Å². The van der Waals surface area contributed by atoms with E-state index in [4.69, 9.17) is 4.74 Å². The van der Waals surface area contributed by atoms with Crippen molar-refractivity contribution >= 4 is 12.0 Å². The van der Waals surface area contributed by atoms with Crippen molar-refractivity contribution in [3.8, 4) is 0 Å². The van der Waals surface area contributed by atoms with Crippen LogP contribution in [0.2, 0.25) is 0 Å². The first kappa shape index (κ1) is 27.9. The smallest absolute Gasteiger partial charge is 0.407 e. The molecule has 7 heteroatoms. The van der Waals surface area contributed by atoms with Crippen LogP contribution in [0, 0.1) is 5.92 Å². The molecule has 0 aliphatic carbocycles. The molecule has 0 spiro atoms. The second-order valence-electron chi connectivity index (χ2n) is 9.75. The molecular weight excluding hydrogens is 406 g/mol. The monoisotopic (exact) mass is 449 g/mol. The van der Waals surface area contributed by atoms with Gasteiger partial charge in [-0.15, -0.1) is 0 Å². The zero-order valence-electron chi connectivity index (χ0n) is 20.6. The molecule has 0 aliphatic heterocycles. The van der Waals surface area contributed by atoms with Crippen LogP contribution in [0.1, 0.15) is 66.4 Å². The predicted molar refractivity (Wildman–Crippen MR) is 128 cm³/mol. The van der Waals surface area contributed by atoms with Gasteiger partial charge < -0.3 is 25.8 Å². The number of carbonyl (C=O) groups is 2. The zero-order chi connectivity index (χ0) is 24.1. The Morgan fingerprint density at radius 1 is 1.09 bits per heavy atom. The number of nitrogens with one attached hydrogen (secondary N) is 3. The van der Waals surface area contributed by atoms with E-state index < -0.39 is 23.8 Å². The van der Waals surface area contributed by atoms with Crippen LogP contribution in [0.3, 0.4) is 0 Å². The van der Waals surface area contributed by atoms with Gasteiger partial charge in [-0.25, -0.2) is 4.79 Å². The van der Waals surface area contributed by atoms with Gasteiger partial charge in [0.2, 0.25) is 5.91 Å². The van der Waals surface area contributed by atoms with Crippen molar-refractivity contribution in [1.29, 1.82) is 0 Å². The summed E-state index contributed by atoms with van der Waals surface area (Å²) < 4.78 is 5.38. The molecule has 1 rings (SSSR count). The molecule has 0 aromatic heterocycles. The number of benzene rings is 1. The fraction of sp³-hybridized carbons (Fsp3) is 0.680. The summed E-state index contributed by atoms with van der Waals surface area (Å²) in [6.07, 6.45) is 1.55. The third-order valence-electron chi connectivity index (χ3n) is 4.89. The normalized spacial score (nSPS) is 14.5. The van der Waals surface area contributed by atoms with Crippen molar-refractivity contribution in [1.82, 2.24) is 16.0 Å². The van der Waals surface area contributed by atoms with E-state index in [-0.39, 0.29) is 18.5 Å². The van der Waals surface area contributed by atoms with E-state index in [1.165, 1.54) is 0 Å². The Kier molecular flexibility index (Phi) is 12.3. The Hall–Kier alpha value is -2.12. The number of aliphatic hydroxyl groups excluding tert-OH is 1. The van der Waals surface area contributed by atoms with Crippen molar-refractivity contribution in [2.75, 3.05) is 13.1 Å². The molecule has 0 saturated heterocycles. The summed E-state index contributed by atoms with van der Waals surface area (Å²) in [4.78, 5) is 25.0. The lowest BCUT2D eigenvalue weighted by molar-refractivity contribution is -0.123. The highest BCUT2D eigenvalue weighted by Gasteiger charge is 2.26. The average Bonchev–Trinajstić information content (AvgIpc) is 2.70. The van der Waals surface area contributed by atoms with Gasteiger partial charge in [-0.1, -0.05) is 63.9 Å². The third-order valence-corrected chi connectivity index (χ3v) is 4.89. The summed E-state index contributed by atoms with van der Waals surface area (Å²) >= 11 is 0. The third kappa shape index (κ3) is 12.1. The van der Waals surface area contributed by atoms with E-state index in [1.54, 1.807) is 20.8 Å². The first-order chi connectivity index (χ1) is 15.0. The van der Waals surface area contributed by atoms with Gasteiger partial charge in [-0.2, -0.15) is 0 Å². The molecule has 1 aromatic rings. The minimum Gasteiger partial charge on any atom is -0.444 e. The molecule has 4 N–H and O–H groups in total. The lowest BCUT2D eigenvalue weighted by Gasteiger charge is -2.28. The van der Waals surface area contributed by atoms with Gasteiger partial charge in [0.05, 0.1) is 18.2 Å². The molecule has 0 heterocycles. The van der Waals surface area contributed by atoms with Gasteiger partial charge in [0, 0.05) is 13.1 Å². The quantitative estimate of drug-likeness (QED) is 0.370. The Balaban J connectivity index is 2.82. The predicted octanol–water partition coefficient (Wildman–Crippen LogP) is 3.40. The van der Waals surface area contributed by atoms with Crippen LogP contribution < -0.4 is 16.0 Å². The van der Waals surface area contributed by atoms with E-state index >= 15 is 0 Å². The number of hydrogen-bond acceptors (Lipinski definition) is 5. The maximum Gasteiger partial charge on any atom is 0.407 e. The second kappa shape index (κ2) is 14.1. The molecule has 0 saturated carbocycles. The van der Waals surface area contributed by atoms with Crippen molar-refractivity contribution < 1.29 is 19.4 Å². The molecule has 182 valence electrons. The first-order valence-corrected chi connectivity index (χ1v) is 11.7. The lowest BCUT2D eigenvalue weighted by atomic mass is 10.0. The summed E-state index contributed by atoms with van der Waals surface area (Å²) in [5.74, 6) is 0.309. The van der Waals surface area contributed by atoms with E-state index in [1.807, 2.05) is 30.3 Å². The number of amides is 2. The summed E-state index contributed by atoms with van der Waals surface area (Å²) in [7, 11) is 0. The van der Waals surface area contributed by atoms with Crippen molar-refractivity contribution in [3.63, 3.8) is 0 Å². The van der Waals surface area contributed by atoms with Crippen LogP contribution in [0.25, 0.3) is 0 Å². The standard InChI is InChI=1S/C25H43N3O4/c1-7-8-14-20(23(30)27-16-18(2)3)26-17-22(29)21(15-19-12-10-9-11-13-19)28-24(31)32-25(4,5)6/h9-13,18,20-22,26,29H,7-8,14-17H2,1-6H3,(H,27,30)(H,28,31)/t20-,21-,22+/m0/s1. The summed E-state index contributed by atoms with van der Waals surface area (Å²) in [5.41, 5.74) is 0.356. The van der Waals surface area contributed by atoms with E-state index in [0.717, 1.165) is 18.4 Å². The van der Waals surface area contributed by atoms with Crippen LogP contribution in [-0.2, 0) is 16.0 Å². The Bertz CT molecular complexity index is 674. The van der Waals surface area contributed by atoms with Gasteiger partial charge in [0.15, 0.2) is 0 Å². The first-order valence-electron chi connectivity index (χ1n) is 11.7. The van der Waals surface area contributed by atoms with Gasteiger partial charge in [-0.05, 0) is 45.1 Å². The molecule has 0 bridgehead atoms. The van der Waals surface area contributed by atoms with Crippen LogP contribution in [-0.4, -0.2) is 54.0 Å². The van der Waals surface area contributed by atoms with Gasteiger partial charge in [0.1, 0.15) is 5.60 Å². The molecule has 7 nitrogen and oxygen atoms in total. The molecule has 0 radical (unpaired) electrons. The lowest BCUT2D eigenvalue weighted by Crippen LogP contribution is -2.53. The molecule has 2 amide bonds. The molecule has 3 atom stereocenters. The van der Waals surface area contributed by atoms with Gasteiger partial charge >= 0.3 is 6.09 Å². The molecule has 0 unspecified atom stereocenters. The largest absolute Gasteiger partial charge is 0.444 e. The number of ether oxygens (including phenoxy) is 1. The average molecular weight is 450 g/mol. The molecular formula is C25H43N3O4. The maximum absolute atomic E-state index is 12.6. The van der Waals surface area contributed by atoms with Crippen LogP contribution in [0.15, 0.2) is 30.3 Å². The zero-order valence-corrected chi connectivity index (χ0v) is 20.6. The Labute approximate surface area is 193 Å². The maximum atomic E-state index is 12.6. The van der Waals surface area contributed by atoms with Gasteiger partial charge in [-0.3, -0.25) is 4.79 Å². The highest BCUT2D eigenvalue weighted by molar-refractivity contribution is 5.81. The summed E-state index contributed by atoms with van der Waals surface area (Å²) in [5, 5.41) is 19.9. The minimum absolute atomic E-state index is 0.0564. The Morgan fingerprint density at radius 2 is 1.75 bits per heavy atom. The highest BCUT2D eigenvalue weighted by Crippen LogP contribution is 2.11. The summed E-state index contributed by atoms with van der Waals surface area (Å²) in [6.45, 7) is 12.4. The SMILES string of the molecule is CCCC[C@H](NC[C@@H](O)[C@H](Cc1ccccc1)NC(=O)OC(C)(C)C)C(=O)NCC(C)C. The second-order valence-corrected chi connectivity index (χ2v) is 9.75. The van der Waals surface area contributed by atoms with Crippen LogP contribution in [0.5, 0.6) is 0 Å². The van der Waals surface area contributed by atoms with Gasteiger partial charge in [0.25, 0.3) is 0 Å². The highest BCUT2D eigenvalue weighted by atomic mass is 16.6. The Morgan fingerprint density at radius 3 is 2.31 bits per heavy atom. The number of alkyl carbamates (subject to hydrolysis) is 1. The molecule has 0 aliphatic rings. The van der Waals surface area contributed by atoms with Crippen LogP contribution in [0.4, 0.5) is 4.79 Å². The number of aliphatic hydroxyl groups is 1. The van der Waals surface area contributed by atoms with Crippen molar-refractivity contribution in [2.24, 2.45) is 5.92 Å². The van der Waals surface area contributed by atoms with Crippen molar-refractivity contribution in [3.05, 3.63) is 35.9 Å². The summed E-state index contributed by atoms with van der Waals surface area (Å²) in [6, 6.07) is 8.72. The topological polar surface area (TPSA) is 99.7 Å². The fourth-order valence-electron chi connectivity index (χ4n) is 3.18. The molecule has 32 heavy (non-hydrogen) atoms. The number of hydrogen-bond donors (Lipinski definition) is 4. The molecule has 1 aromatic carbocycles.